The van der Waals surface area contributed by atoms with Crippen LogP contribution in [0.2, 0.25) is 0 Å². The van der Waals surface area contributed by atoms with E-state index in [1.807, 2.05) is 0 Å². The van der Waals surface area contributed by atoms with E-state index in [4.69, 9.17) is 34.3 Å². The molecule has 12 heavy (non-hydrogen) atoms. The Morgan fingerprint density at radius 3 is 1.17 bits per heavy atom. The van der Waals surface area contributed by atoms with E-state index in [1.54, 1.807) is 0 Å². The molecule has 0 heterocycles. The number of hydrogen-bond acceptors (Lipinski definition) is 6. The molecule has 62 valence electrons. The van der Waals surface area contributed by atoms with Crippen molar-refractivity contribution in [2.24, 2.45) is 0 Å². The van der Waals surface area contributed by atoms with Crippen LogP contribution in [0.1, 0.15) is 0 Å². The van der Waals surface area contributed by atoms with Crippen molar-refractivity contribution in [3.63, 3.8) is 0 Å². The Hall–Kier alpha value is 1.90. The molecule has 1 N–H and O–H groups in total. The Kier molecular flexibility index (Phi) is 37.4. The Labute approximate surface area is 123 Å². The third-order valence-corrected chi connectivity index (χ3v) is 0. The normalized spacial score (nSPS) is 6.92. The predicted octanol–water partition coefficient (Wildman–Crippen LogP) is -10.6. The summed E-state index contributed by atoms with van der Waals surface area (Å²) in [6.45, 7) is 0. The van der Waals surface area contributed by atoms with Crippen molar-refractivity contribution in [3.05, 3.63) is 0 Å². The summed E-state index contributed by atoms with van der Waals surface area (Å²) in [6, 6.07) is 0. The topological polar surface area (TPSA) is 147 Å². The van der Waals surface area contributed by atoms with Crippen molar-refractivity contribution in [2.45, 2.75) is 0 Å². The molecule has 0 aliphatic rings. The Balaban J connectivity index is -0.0000000221. The van der Waals surface area contributed by atoms with Gasteiger partial charge in [0.2, 0.25) is 0 Å². The average molecular weight is 258 g/mol. The molecule has 0 fully saturated rings. The first-order valence-electron chi connectivity index (χ1n) is 1.36. The molecule has 0 saturated carbocycles. The van der Waals surface area contributed by atoms with Crippen LogP contribution >= 0.6 is 7.82 Å². The first-order valence-corrected chi connectivity index (χ1v) is 2.86. The minimum atomic E-state index is -5.14. The maximum Gasteiger partial charge on any atom is 2.00 e. The van der Waals surface area contributed by atoms with Gasteiger partial charge < -0.3 is 34.3 Å². The summed E-state index contributed by atoms with van der Waals surface area (Å²) in [5, 5.41) is 16.7. The van der Waals surface area contributed by atoms with E-state index in [-0.39, 0.29) is 76.2 Å². The number of carbonyl (C=O) groups excluding carboxylic acids is 1. The van der Waals surface area contributed by atoms with E-state index in [0.717, 1.165) is 0 Å². The van der Waals surface area contributed by atoms with Gasteiger partial charge in [0.05, 0.1) is 7.82 Å². The van der Waals surface area contributed by atoms with Gasteiger partial charge in [-0.25, -0.2) is 0 Å². The van der Waals surface area contributed by atoms with E-state index >= 15 is 0 Å². The second-order valence-electron chi connectivity index (χ2n) is 0.719. The van der Waals surface area contributed by atoms with Gasteiger partial charge in [0.15, 0.2) is 0 Å². The molecule has 0 atom stereocenters. The zero-order chi connectivity index (χ0) is 8.08. The molecule has 7 nitrogen and oxygen atoms in total. The summed E-state index contributed by atoms with van der Waals surface area (Å²) < 4.78 is 8.66. The number of hydrogen-bond donors (Lipinski definition) is 1. The van der Waals surface area contributed by atoms with E-state index in [2.05, 4.69) is 0 Å². The van der Waals surface area contributed by atoms with Crippen LogP contribution in [0.3, 0.4) is 0 Å². The van der Waals surface area contributed by atoms with E-state index < -0.39 is 14.0 Å². The van der Waals surface area contributed by atoms with Gasteiger partial charge in [-0.15, -0.1) is 0 Å². The molecule has 0 spiro atoms. The van der Waals surface area contributed by atoms with Crippen LogP contribution in [-0.4, -0.2) is 11.0 Å². The second kappa shape index (κ2) is 15.4. The van der Waals surface area contributed by atoms with Gasteiger partial charge in [-0.05, 0) is 6.16 Å². The maximum absolute atomic E-state index is 8.66. The van der Waals surface area contributed by atoms with Crippen molar-refractivity contribution >= 4 is 14.0 Å². The molecule has 0 aliphatic heterocycles. The third-order valence-electron chi connectivity index (χ3n) is 0. The summed E-state index contributed by atoms with van der Waals surface area (Å²) in [5.74, 6) is 0. The van der Waals surface area contributed by atoms with Crippen LogP contribution in [0.4, 0.5) is 4.79 Å². The van der Waals surface area contributed by atoms with Crippen molar-refractivity contribution in [1.82, 2.24) is 0 Å². The molecule has 0 aromatic heterocycles. The molecular formula is CHFeNa2O7P. The quantitative estimate of drug-likeness (QED) is 0.335. The first kappa shape index (κ1) is 29.2. The monoisotopic (exact) mass is 258 g/mol. The minimum absolute atomic E-state index is 0. The molecule has 0 rings (SSSR count). The maximum atomic E-state index is 8.66. The molecule has 0 saturated heterocycles. The fourth-order valence-electron chi connectivity index (χ4n) is 0. The average Bonchev–Trinajstić information content (AvgIpc) is 1.19. The van der Waals surface area contributed by atoms with Crippen molar-refractivity contribution in [3.8, 4) is 0 Å². The van der Waals surface area contributed by atoms with Crippen molar-refractivity contribution in [2.75, 3.05) is 0 Å². The Bertz CT molecular complexity index is 121. The van der Waals surface area contributed by atoms with Crippen LogP contribution in [0, 0.1) is 0 Å². The predicted molar refractivity (Wildman–Crippen MR) is 15.2 cm³/mol. The molecule has 11 heteroatoms. The fraction of sp³-hybridized carbons (Fsp3) is 0. The van der Waals surface area contributed by atoms with Gasteiger partial charge in [-0.3, -0.25) is 0 Å². The smallest absolute Gasteiger partial charge is 0.790 e. The van der Waals surface area contributed by atoms with E-state index in [0.29, 0.717) is 0 Å². The van der Waals surface area contributed by atoms with Gasteiger partial charge in [-0.2, -0.15) is 0 Å². The molecule has 0 radical (unpaired) electrons. The summed E-state index contributed by atoms with van der Waals surface area (Å²) >= 11 is 0. The van der Waals surface area contributed by atoms with Crippen LogP contribution < -0.4 is 79.1 Å². The first-order chi connectivity index (χ1) is 3.73. The largest absolute Gasteiger partial charge is 2.00 e. The number of carbonyl (C=O) groups is 1. The van der Waals surface area contributed by atoms with E-state index in [1.165, 1.54) is 0 Å². The van der Waals surface area contributed by atoms with Crippen molar-refractivity contribution in [1.29, 1.82) is 0 Å². The van der Waals surface area contributed by atoms with Crippen LogP contribution in [-0.2, 0) is 21.6 Å². The summed E-state index contributed by atoms with van der Waals surface area (Å²) in [5.41, 5.74) is 0. The standard InChI is InChI=1S/CH2O3.Fe.2Na.H3O4P/c2-1(3)4;;;;1-5(2,3)4/h(H2,2,3,4);;;;(H3,1,2,3,4)/q;+2;2*+1;/p-4. The molecule has 0 aliphatic carbocycles. The number of phosphoric acid groups is 1. The van der Waals surface area contributed by atoms with Gasteiger partial charge in [0.1, 0.15) is 0 Å². The van der Waals surface area contributed by atoms with Gasteiger partial charge in [0, 0.05) is 0 Å². The molecule has 0 bridgehead atoms. The zero-order valence-corrected chi connectivity index (χ0v) is 12.2. The molecule has 0 aromatic carbocycles. The Morgan fingerprint density at radius 1 is 1.17 bits per heavy atom. The van der Waals surface area contributed by atoms with Gasteiger partial charge in [-0.1, -0.05) is 0 Å². The Morgan fingerprint density at radius 2 is 1.17 bits per heavy atom. The molecular weight excluding hydrogens is 257 g/mol. The van der Waals surface area contributed by atoms with Gasteiger partial charge >= 0.3 is 76.2 Å². The third kappa shape index (κ3) is 392. The molecule has 0 amide bonds. The summed E-state index contributed by atoms with van der Waals surface area (Å²) in [4.78, 5) is 32.6. The van der Waals surface area contributed by atoms with Crippen molar-refractivity contribution < 1.29 is 110 Å². The summed E-state index contributed by atoms with van der Waals surface area (Å²) in [6.07, 6.45) is -2.33. The molecule has 0 aromatic rings. The van der Waals surface area contributed by atoms with Crippen LogP contribution in [0.25, 0.3) is 0 Å². The van der Waals surface area contributed by atoms with Crippen LogP contribution in [0.5, 0.6) is 0 Å². The van der Waals surface area contributed by atoms with Crippen LogP contribution in [0.15, 0.2) is 0 Å². The second-order valence-corrected chi connectivity index (χ2v) is 1.66. The summed E-state index contributed by atoms with van der Waals surface area (Å²) in [7, 11) is -5.14. The fourth-order valence-corrected chi connectivity index (χ4v) is 0. The SMILES string of the molecule is O=C([O-])[O-].O=P([O-])([O-])O.[Fe+2].[Na+].[Na+]. The number of carboxylic acid groups (broad SMARTS) is 2. The van der Waals surface area contributed by atoms with Gasteiger partial charge in [0.25, 0.3) is 0 Å². The zero-order valence-electron chi connectivity index (χ0n) is 6.20. The minimum Gasteiger partial charge on any atom is -0.790 e. The molecule has 0 unspecified atom stereocenters. The number of rotatable bonds is 0. The van der Waals surface area contributed by atoms with E-state index in [9.17, 15) is 0 Å².